The van der Waals surface area contributed by atoms with Crippen molar-refractivity contribution >= 4 is 29.1 Å². The zero-order valence-corrected chi connectivity index (χ0v) is 10.6. The summed E-state index contributed by atoms with van der Waals surface area (Å²) in [7, 11) is 0. The van der Waals surface area contributed by atoms with Crippen LogP contribution in [0.2, 0.25) is 10.0 Å². The minimum atomic E-state index is -0.454. The van der Waals surface area contributed by atoms with Gasteiger partial charge in [0.15, 0.2) is 0 Å². The lowest BCUT2D eigenvalue weighted by atomic mass is 10.1. The molecule has 3 N–H and O–H groups in total. The molecule has 0 aliphatic carbocycles. The average Bonchev–Trinajstić information content (AvgIpc) is 2.64. The molecular formula is C12H10Cl2N2O. The van der Waals surface area contributed by atoms with Crippen molar-refractivity contribution in [1.82, 2.24) is 4.98 Å². The van der Waals surface area contributed by atoms with Gasteiger partial charge in [-0.2, -0.15) is 0 Å². The Bertz CT molecular complexity index is 590. The van der Waals surface area contributed by atoms with Crippen molar-refractivity contribution in [3.63, 3.8) is 0 Å². The highest BCUT2D eigenvalue weighted by molar-refractivity contribution is 6.42. The van der Waals surface area contributed by atoms with E-state index in [2.05, 4.69) is 4.98 Å². The van der Waals surface area contributed by atoms with E-state index in [1.165, 1.54) is 0 Å². The van der Waals surface area contributed by atoms with E-state index in [4.69, 9.17) is 28.9 Å². The van der Waals surface area contributed by atoms with Crippen molar-refractivity contribution in [2.45, 2.75) is 6.92 Å². The number of hydrogen-bond acceptors (Lipinski definition) is 1. The second kappa shape index (κ2) is 4.43. The number of carbonyl (C=O) groups is 1. The van der Waals surface area contributed by atoms with Crippen LogP contribution in [-0.2, 0) is 0 Å². The largest absolute Gasteiger partial charge is 0.366 e. The second-order valence-electron chi connectivity index (χ2n) is 3.71. The Labute approximate surface area is 109 Å². The molecule has 0 fully saturated rings. The molecule has 0 spiro atoms. The topological polar surface area (TPSA) is 58.9 Å². The minimum Gasteiger partial charge on any atom is -0.366 e. The van der Waals surface area contributed by atoms with E-state index in [9.17, 15) is 4.79 Å². The first kappa shape index (κ1) is 12.0. The van der Waals surface area contributed by atoms with Gasteiger partial charge in [0, 0.05) is 11.4 Å². The number of nitrogens with one attached hydrogen (secondary N) is 1. The molecule has 0 saturated carbocycles. The Morgan fingerprint density at radius 3 is 2.47 bits per heavy atom. The molecule has 3 nitrogen and oxygen atoms in total. The van der Waals surface area contributed by atoms with Crippen LogP contribution in [0.4, 0.5) is 0 Å². The number of benzene rings is 1. The smallest absolute Gasteiger partial charge is 0.250 e. The molecule has 1 amide bonds. The summed E-state index contributed by atoms with van der Waals surface area (Å²) in [6.45, 7) is 1.79. The van der Waals surface area contributed by atoms with Gasteiger partial charge in [-0.1, -0.05) is 29.3 Å². The van der Waals surface area contributed by atoms with E-state index >= 15 is 0 Å². The number of aromatic nitrogens is 1. The van der Waals surface area contributed by atoms with E-state index in [1.807, 2.05) is 6.07 Å². The van der Waals surface area contributed by atoms with E-state index in [1.54, 1.807) is 25.1 Å². The van der Waals surface area contributed by atoms with Gasteiger partial charge in [0.25, 0.3) is 5.91 Å². The monoisotopic (exact) mass is 268 g/mol. The van der Waals surface area contributed by atoms with Crippen molar-refractivity contribution in [2.24, 2.45) is 5.73 Å². The molecule has 1 heterocycles. The molecule has 0 saturated heterocycles. The van der Waals surface area contributed by atoms with Crippen molar-refractivity contribution in [3.8, 4) is 11.3 Å². The molecule has 88 valence electrons. The van der Waals surface area contributed by atoms with Gasteiger partial charge in [-0.15, -0.1) is 0 Å². The first-order valence-electron chi connectivity index (χ1n) is 4.94. The molecule has 0 radical (unpaired) electrons. The Morgan fingerprint density at radius 1 is 1.24 bits per heavy atom. The number of carbonyl (C=O) groups excluding carboxylic acids is 1. The molecule has 17 heavy (non-hydrogen) atoms. The summed E-state index contributed by atoms with van der Waals surface area (Å²) >= 11 is 11.8. The number of rotatable bonds is 2. The van der Waals surface area contributed by atoms with Gasteiger partial charge in [-0.25, -0.2) is 0 Å². The van der Waals surface area contributed by atoms with Crippen LogP contribution in [0.1, 0.15) is 16.1 Å². The molecule has 0 unspecified atom stereocenters. The van der Waals surface area contributed by atoms with Crippen molar-refractivity contribution in [1.29, 1.82) is 0 Å². The number of aromatic amines is 1. The molecule has 0 aliphatic rings. The molecule has 2 rings (SSSR count). The van der Waals surface area contributed by atoms with Crippen LogP contribution in [0.15, 0.2) is 24.3 Å². The standard InChI is InChI=1S/C12H10Cl2N2O/c1-6-8(12(15)17)5-11(16-6)7-2-3-9(13)10(14)4-7/h2-5,16H,1H3,(H2,15,17). The minimum absolute atomic E-state index is 0.454. The van der Waals surface area contributed by atoms with E-state index < -0.39 is 5.91 Å². The second-order valence-corrected chi connectivity index (χ2v) is 4.53. The fourth-order valence-corrected chi connectivity index (χ4v) is 1.93. The summed E-state index contributed by atoms with van der Waals surface area (Å²) in [5, 5.41) is 0.964. The van der Waals surface area contributed by atoms with Crippen LogP contribution in [0.25, 0.3) is 11.3 Å². The molecular weight excluding hydrogens is 259 g/mol. The van der Waals surface area contributed by atoms with Gasteiger partial charge in [0.1, 0.15) is 0 Å². The number of primary amides is 1. The van der Waals surface area contributed by atoms with E-state index in [-0.39, 0.29) is 0 Å². The normalized spacial score (nSPS) is 10.5. The van der Waals surface area contributed by atoms with Crippen molar-refractivity contribution in [2.75, 3.05) is 0 Å². The quantitative estimate of drug-likeness (QED) is 0.862. The molecule has 1 aromatic heterocycles. The highest BCUT2D eigenvalue weighted by atomic mass is 35.5. The molecule has 2 aromatic rings. The summed E-state index contributed by atoms with van der Waals surface area (Å²) in [4.78, 5) is 14.2. The van der Waals surface area contributed by atoms with E-state index in [0.717, 1.165) is 17.0 Å². The number of aryl methyl sites for hydroxylation is 1. The number of nitrogens with two attached hydrogens (primary N) is 1. The fraction of sp³-hybridized carbons (Fsp3) is 0.0833. The lowest BCUT2D eigenvalue weighted by molar-refractivity contribution is 0.1000. The maximum atomic E-state index is 11.1. The Balaban J connectivity index is 2.50. The van der Waals surface area contributed by atoms with Gasteiger partial charge >= 0.3 is 0 Å². The van der Waals surface area contributed by atoms with Gasteiger partial charge in [0.05, 0.1) is 15.6 Å². The highest BCUT2D eigenvalue weighted by Gasteiger charge is 2.11. The average molecular weight is 269 g/mol. The van der Waals surface area contributed by atoms with Gasteiger partial charge < -0.3 is 10.7 Å². The highest BCUT2D eigenvalue weighted by Crippen LogP contribution is 2.28. The SMILES string of the molecule is Cc1[nH]c(-c2ccc(Cl)c(Cl)c2)cc1C(N)=O. The lowest BCUT2D eigenvalue weighted by Gasteiger charge is -2.00. The molecule has 5 heteroatoms. The molecule has 0 atom stereocenters. The van der Waals surface area contributed by atoms with Gasteiger partial charge in [0.2, 0.25) is 0 Å². The third kappa shape index (κ3) is 2.30. The number of hydrogen-bond donors (Lipinski definition) is 2. The summed E-state index contributed by atoms with van der Waals surface area (Å²) in [5.74, 6) is -0.454. The lowest BCUT2D eigenvalue weighted by Crippen LogP contribution is -2.10. The summed E-state index contributed by atoms with van der Waals surface area (Å²) in [6, 6.07) is 6.97. The van der Waals surface area contributed by atoms with Crippen LogP contribution in [0.5, 0.6) is 0 Å². The zero-order chi connectivity index (χ0) is 12.6. The molecule has 0 aliphatic heterocycles. The van der Waals surface area contributed by atoms with Crippen LogP contribution in [0, 0.1) is 6.92 Å². The predicted molar refractivity (Wildman–Crippen MR) is 69.5 cm³/mol. The van der Waals surface area contributed by atoms with Gasteiger partial charge in [-0.3, -0.25) is 4.79 Å². The Morgan fingerprint density at radius 2 is 1.94 bits per heavy atom. The summed E-state index contributed by atoms with van der Waals surface area (Å²) < 4.78 is 0. The maximum Gasteiger partial charge on any atom is 0.250 e. The zero-order valence-electron chi connectivity index (χ0n) is 9.05. The van der Waals surface area contributed by atoms with Crippen LogP contribution in [0.3, 0.4) is 0 Å². The third-order valence-corrected chi connectivity index (χ3v) is 3.25. The number of H-pyrrole nitrogens is 1. The Hall–Kier alpha value is -1.45. The first-order chi connectivity index (χ1) is 7.99. The molecule has 1 aromatic carbocycles. The van der Waals surface area contributed by atoms with Crippen LogP contribution >= 0.6 is 23.2 Å². The first-order valence-corrected chi connectivity index (χ1v) is 5.69. The Kier molecular flexibility index (Phi) is 3.13. The van der Waals surface area contributed by atoms with Gasteiger partial charge in [-0.05, 0) is 30.7 Å². The van der Waals surface area contributed by atoms with Crippen molar-refractivity contribution in [3.05, 3.63) is 45.6 Å². The third-order valence-electron chi connectivity index (χ3n) is 2.51. The van der Waals surface area contributed by atoms with Crippen molar-refractivity contribution < 1.29 is 4.79 Å². The fourth-order valence-electron chi connectivity index (χ4n) is 1.63. The summed E-state index contributed by atoms with van der Waals surface area (Å²) in [5.41, 5.74) is 8.11. The molecule has 0 bridgehead atoms. The maximum absolute atomic E-state index is 11.1. The summed E-state index contributed by atoms with van der Waals surface area (Å²) in [6.07, 6.45) is 0. The predicted octanol–water partition coefficient (Wildman–Crippen LogP) is 3.40. The van der Waals surface area contributed by atoms with E-state index in [0.29, 0.717) is 15.6 Å². The number of halogens is 2. The number of amides is 1. The van der Waals surface area contributed by atoms with Crippen LogP contribution < -0.4 is 5.73 Å². The van der Waals surface area contributed by atoms with Crippen LogP contribution in [-0.4, -0.2) is 10.9 Å².